The van der Waals surface area contributed by atoms with Crippen molar-refractivity contribution in [3.63, 3.8) is 0 Å². The number of piperidine rings is 1. The monoisotopic (exact) mass is 270 g/mol. The summed E-state index contributed by atoms with van der Waals surface area (Å²) in [5.74, 6) is 1.01. The zero-order valence-corrected chi connectivity index (χ0v) is 11.3. The van der Waals surface area contributed by atoms with E-state index in [-0.39, 0.29) is 24.2 Å². The number of hydrogen-bond donors (Lipinski definition) is 2. The lowest BCUT2D eigenvalue weighted by molar-refractivity contribution is -0.118. The number of hydrogen-bond acceptors (Lipinski definition) is 3. The molecule has 2 aliphatic rings. The smallest absolute Gasteiger partial charge is 0.229 e. The standard InChI is InChI=1S/C12H18N4O.ClH/c1-16-7-2-10(15-16)14-11(17)9-8-12(9)3-5-13-6-4-12;/h2,7,9,13H,3-6,8H2,1H3,(H,14,15,17);1H. The third-order valence-electron chi connectivity index (χ3n) is 4.07. The van der Waals surface area contributed by atoms with Gasteiger partial charge in [-0.25, -0.2) is 0 Å². The number of nitrogens with one attached hydrogen (secondary N) is 2. The maximum Gasteiger partial charge on any atom is 0.229 e. The first kappa shape index (κ1) is 13.4. The lowest BCUT2D eigenvalue weighted by Crippen LogP contribution is -2.31. The number of rotatable bonds is 2. The fourth-order valence-electron chi connectivity index (χ4n) is 2.89. The zero-order chi connectivity index (χ0) is 11.9. The van der Waals surface area contributed by atoms with Crippen LogP contribution in [0.25, 0.3) is 0 Å². The summed E-state index contributed by atoms with van der Waals surface area (Å²) >= 11 is 0. The highest BCUT2D eigenvalue weighted by Gasteiger charge is 2.57. The van der Waals surface area contributed by atoms with Crippen LogP contribution in [0.15, 0.2) is 12.3 Å². The second kappa shape index (κ2) is 4.90. The van der Waals surface area contributed by atoms with Gasteiger partial charge >= 0.3 is 0 Å². The number of carbonyl (C=O) groups excluding carboxylic acids is 1. The SMILES string of the molecule is Cl.Cn1ccc(NC(=O)C2CC23CCNCC3)n1. The van der Waals surface area contributed by atoms with Gasteiger partial charge in [-0.3, -0.25) is 9.48 Å². The molecule has 6 heteroatoms. The lowest BCUT2D eigenvalue weighted by Gasteiger charge is -2.23. The van der Waals surface area contributed by atoms with Crippen LogP contribution in [0.2, 0.25) is 0 Å². The van der Waals surface area contributed by atoms with Crippen molar-refractivity contribution in [2.75, 3.05) is 18.4 Å². The minimum absolute atomic E-state index is 0. The Labute approximate surface area is 113 Å². The van der Waals surface area contributed by atoms with Crippen LogP contribution in [-0.2, 0) is 11.8 Å². The molecule has 0 bridgehead atoms. The third-order valence-corrected chi connectivity index (χ3v) is 4.07. The number of carbonyl (C=O) groups is 1. The first-order chi connectivity index (χ1) is 8.20. The van der Waals surface area contributed by atoms with Crippen molar-refractivity contribution in [1.82, 2.24) is 15.1 Å². The molecule has 1 unspecified atom stereocenters. The van der Waals surface area contributed by atoms with Crippen LogP contribution >= 0.6 is 12.4 Å². The summed E-state index contributed by atoms with van der Waals surface area (Å²) < 4.78 is 1.70. The van der Waals surface area contributed by atoms with Crippen molar-refractivity contribution in [1.29, 1.82) is 0 Å². The summed E-state index contributed by atoms with van der Waals surface area (Å²) in [4.78, 5) is 12.1. The molecule has 2 heterocycles. The first-order valence-electron chi connectivity index (χ1n) is 6.21. The van der Waals surface area contributed by atoms with Gasteiger partial charge in [0.05, 0.1) is 0 Å². The molecule has 18 heavy (non-hydrogen) atoms. The van der Waals surface area contributed by atoms with Gasteiger partial charge in [-0.1, -0.05) is 0 Å². The molecule has 1 saturated carbocycles. The molecule has 1 saturated heterocycles. The van der Waals surface area contributed by atoms with Gasteiger partial charge in [0.15, 0.2) is 5.82 Å². The van der Waals surface area contributed by atoms with E-state index >= 15 is 0 Å². The average Bonchev–Trinajstić information content (AvgIpc) is 2.85. The van der Waals surface area contributed by atoms with Crippen LogP contribution < -0.4 is 10.6 Å². The van der Waals surface area contributed by atoms with E-state index < -0.39 is 0 Å². The van der Waals surface area contributed by atoms with Crippen LogP contribution in [0.3, 0.4) is 0 Å². The van der Waals surface area contributed by atoms with E-state index in [2.05, 4.69) is 15.7 Å². The predicted molar refractivity (Wildman–Crippen MR) is 71.7 cm³/mol. The number of aryl methyl sites for hydroxylation is 1. The summed E-state index contributed by atoms with van der Waals surface area (Å²) in [5.41, 5.74) is 0.296. The second-order valence-electron chi connectivity index (χ2n) is 5.23. The van der Waals surface area contributed by atoms with Gasteiger partial charge in [0.1, 0.15) is 0 Å². The van der Waals surface area contributed by atoms with E-state index in [0.717, 1.165) is 32.4 Å². The molecule has 1 aliphatic carbocycles. The van der Waals surface area contributed by atoms with Crippen LogP contribution in [0.1, 0.15) is 19.3 Å². The van der Waals surface area contributed by atoms with E-state index in [4.69, 9.17) is 0 Å². The summed E-state index contributed by atoms with van der Waals surface area (Å²) in [6, 6.07) is 1.83. The van der Waals surface area contributed by atoms with Crippen LogP contribution in [0, 0.1) is 11.3 Å². The Bertz CT molecular complexity index is 439. The van der Waals surface area contributed by atoms with Gasteiger partial charge in [-0.15, -0.1) is 12.4 Å². The molecule has 100 valence electrons. The molecule has 2 fully saturated rings. The Morgan fingerprint density at radius 3 is 2.89 bits per heavy atom. The van der Waals surface area contributed by atoms with Gasteiger partial charge in [-0.2, -0.15) is 5.10 Å². The normalized spacial score (nSPS) is 24.4. The van der Waals surface area contributed by atoms with Crippen LogP contribution in [-0.4, -0.2) is 28.8 Å². The third kappa shape index (κ3) is 2.37. The molecular weight excluding hydrogens is 252 g/mol. The summed E-state index contributed by atoms with van der Waals surface area (Å²) in [5, 5.41) is 10.4. The molecule has 3 rings (SSSR count). The molecule has 1 spiro atoms. The van der Waals surface area contributed by atoms with E-state index in [1.807, 2.05) is 19.3 Å². The molecule has 5 nitrogen and oxygen atoms in total. The highest BCUT2D eigenvalue weighted by Crippen LogP contribution is 2.58. The molecular formula is C12H19ClN4O. The van der Waals surface area contributed by atoms with Crippen LogP contribution in [0.5, 0.6) is 0 Å². The topological polar surface area (TPSA) is 59.0 Å². The Kier molecular flexibility index (Phi) is 3.64. The van der Waals surface area contributed by atoms with E-state index in [1.165, 1.54) is 0 Å². The number of aromatic nitrogens is 2. The largest absolute Gasteiger partial charge is 0.317 e. The Morgan fingerprint density at radius 1 is 1.56 bits per heavy atom. The van der Waals surface area contributed by atoms with Crippen molar-refractivity contribution in [3.05, 3.63) is 12.3 Å². The van der Waals surface area contributed by atoms with Crippen molar-refractivity contribution < 1.29 is 4.79 Å². The van der Waals surface area contributed by atoms with Crippen molar-refractivity contribution >= 4 is 24.1 Å². The molecule has 0 radical (unpaired) electrons. The Balaban J connectivity index is 0.00000120. The van der Waals surface area contributed by atoms with Gasteiger partial charge in [-0.05, 0) is 37.8 Å². The fraction of sp³-hybridized carbons (Fsp3) is 0.667. The molecule has 1 amide bonds. The number of anilines is 1. The van der Waals surface area contributed by atoms with Gasteiger partial charge in [0, 0.05) is 25.2 Å². The number of nitrogens with zero attached hydrogens (tertiary/aromatic N) is 2. The summed E-state index contributed by atoms with van der Waals surface area (Å²) in [6.45, 7) is 2.10. The van der Waals surface area contributed by atoms with Gasteiger partial charge in [0.25, 0.3) is 0 Å². The van der Waals surface area contributed by atoms with E-state index in [9.17, 15) is 4.79 Å². The van der Waals surface area contributed by atoms with Crippen molar-refractivity contribution in [2.45, 2.75) is 19.3 Å². The molecule has 0 aromatic carbocycles. The Morgan fingerprint density at radius 2 is 2.28 bits per heavy atom. The summed E-state index contributed by atoms with van der Waals surface area (Å²) in [7, 11) is 1.85. The quantitative estimate of drug-likeness (QED) is 0.848. The second-order valence-corrected chi connectivity index (χ2v) is 5.23. The maximum atomic E-state index is 12.1. The average molecular weight is 271 g/mol. The van der Waals surface area contributed by atoms with Crippen molar-refractivity contribution in [2.24, 2.45) is 18.4 Å². The molecule has 1 atom stereocenters. The lowest BCUT2D eigenvalue weighted by atomic mass is 9.92. The van der Waals surface area contributed by atoms with Crippen molar-refractivity contribution in [3.8, 4) is 0 Å². The highest BCUT2D eigenvalue weighted by molar-refractivity contribution is 5.94. The van der Waals surface area contributed by atoms with E-state index in [1.54, 1.807) is 4.68 Å². The van der Waals surface area contributed by atoms with Gasteiger partial charge < -0.3 is 10.6 Å². The van der Waals surface area contributed by atoms with Crippen LogP contribution in [0.4, 0.5) is 5.82 Å². The minimum Gasteiger partial charge on any atom is -0.317 e. The molecule has 2 N–H and O–H groups in total. The first-order valence-corrected chi connectivity index (χ1v) is 6.21. The molecule has 1 aliphatic heterocycles. The highest BCUT2D eigenvalue weighted by atomic mass is 35.5. The zero-order valence-electron chi connectivity index (χ0n) is 10.5. The predicted octanol–water partition coefficient (Wildman–Crippen LogP) is 1.17. The number of halogens is 1. The fourth-order valence-corrected chi connectivity index (χ4v) is 2.89. The Hall–Kier alpha value is -1.07. The van der Waals surface area contributed by atoms with Gasteiger partial charge in [0.2, 0.25) is 5.91 Å². The van der Waals surface area contributed by atoms with E-state index in [0.29, 0.717) is 11.2 Å². The summed E-state index contributed by atoms with van der Waals surface area (Å²) in [6.07, 6.45) is 5.15. The maximum absolute atomic E-state index is 12.1. The number of amides is 1. The molecule has 1 aromatic rings. The molecule has 1 aromatic heterocycles. The minimum atomic E-state index is 0.